The Morgan fingerprint density at radius 3 is 2.69 bits per heavy atom. The predicted molar refractivity (Wildman–Crippen MR) is 101 cm³/mol. The Morgan fingerprint density at radius 1 is 1.31 bits per heavy atom. The monoisotopic (exact) mass is 446 g/mol. The molecule has 5 nitrogen and oxygen atoms in total. The summed E-state index contributed by atoms with van der Waals surface area (Å²) >= 11 is 4.54. The van der Waals surface area contributed by atoms with Crippen LogP contribution in [0.3, 0.4) is 0 Å². The number of rotatable bonds is 4. The van der Waals surface area contributed by atoms with Crippen molar-refractivity contribution in [1.29, 1.82) is 0 Å². The lowest BCUT2D eigenvalue weighted by Crippen LogP contribution is -2.33. The first kappa shape index (κ1) is 19.2. The summed E-state index contributed by atoms with van der Waals surface area (Å²) < 4.78 is 35.0. The van der Waals surface area contributed by atoms with E-state index in [1.54, 1.807) is 18.2 Å². The number of hydrogen-bond acceptors (Lipinski definition) is 5. The van der Waals surface area contributed by atoms with Gasteiger partial charge in [0.15, 0.2) is 16.7 Å². The zero-order chi connectivity index (χ0) is 18.7. The van der Waals surface area contributed by atoms with E-state index in [1.165, 1.54) is 25.3 Å². The van der Waals surface area contributed by atoms with Crippen LogP contribution in [-0.4, -0.2) is 42.8 Å². The number of halogens is 3. The minimum Gasteiger partial charge on any atom is -0.493 e. The van der Waals surface area contributed by atoms with Gasteiger partial charge in [0.2, 0.25) is 0 Å². The molecule has 2 aliphatic rings. The fraction of sp³-hybridized carbons (Fsp3) is 0.412. The van der Waals surface area contributed by atoms with Crippen LogP contribution in [0.2, 0.25) is 0 Å². The molecule has 0 aliphatic carbocycles. The van der Waals surface area contributed by atoms with Crippen molar-refractivity contribution in [3.63, 3.8) is 0 Å². The van der Waals surface area contributed by atoms with E-state index in [4.69, 9.17) is 4.74 Å². The van der Waals surface area contributed by atoms with E-state index in [9.17, 15) is 13.6 Å². The third-order valence-electron chi connectivity index (χ3n) is 3.99. The second-order valence-electron chi connectivity index (χ2n) is 5.77. The van der Waals surface area contributed by atoms with E-state index in [1.807, 2.05) is 0 Å². The van der Waals surface area contributed by atoms with Gasteiger partial charge in [-0.3, -0.25) is 4.79 Å². The molecule has 1 amide bonds. The summed E-state index contributed by atoms with van der Waals surface area (Å²) in [6.45, 7) is -1.14. The summed E-state index contributed by atoms with van der Waals surface area (Å²) in [7, 11) is 1.37. The van der Waals surface area contributed by atoms with Gasteiger partial charge in [0.1, 0.15) is 0 Å². The molecule has 0 radical (unpaired) electrons. The van der Waals surface area contributed by atoms with Crippen molar-refractivity contribution >= 4 is 44.8 Å². The van der Waals surface area contributed by atoms with Gasteiger partial charge in [-0.05, 0) is 70.7 Å². The Balaban J connectivity index is 1.82. The van der Waals surface area contributed by atoms with Crippen molar-refractivity contribution in [2.24, 2.45) is 4.99 Å². The number of methoxy groups -OCH3 is 1. The van der Waals surface area contributed by atoms with Crippen LogP contribution < -0.4 is 9.47 Å². The van der Waals surface area contributed by atoms with Gasteiger partial charge in [0.05, 0.1) is 16.5 Å². The van der Waals surface area contributed by atoms with Crippen LogP contribution in [0, 0.1) is 0 Å². The Labute approximate surface area is 162 Å². The van der Waals surface area contributed by atoms with Crippen molar-refractivity contribution in [1.82, 2.24) is 4.90 Å². The van der Waals surface area contributed by atoms with Crippen LogP contribution >= 0.6 is 27.7 Å². The molecule has 140 valence electrons. The third kappa shape index (κ3) is 4.37. The first-order valence-corrected chi connectivity index (χ1v) is 9.68. The lowest BCUT2D eigenvalue weighted by molar-refractivity contribution is -0.113. The van der Waals surface area contributed by atoms with E-state index in [2.05, 4.69) is 30.6 Å². The molecule has 0 unspecified atom stereocenters. The summed E-state index contributed by atoms with van der Waals surface area (Å²) in [5, 5.41) is 0.727. The number of ether oxygens (including phenoxy) is 2. The maximum Gasteiger partial charge on any atom is 0.387 e. The number of piperidine rings is 1. The molecule has 9 heteroatoms. The molecule has 0 bridgehead atoms. The van der Waals surface area contributed by atoms with Crippen LogP contribution in [0.4, 0.5) is 8.78 Å². The molecule has 26 heavy (non-hydrogen) atoms. The van der Waals surface area contributed by atoms with Crippen LogP contribution in [0.25, 0.3) is 6.08 Å². The summed E-state index contributed by atoms with van der Waals surface area (Å²) in [5.74, 6) is -0.224. The number of alkyl halides is 2. The zero-order valence-electron chi connectivity index (χ0n) is 14.0. The van der Waals surface area contributed by atoms with Gasteiger partial charge in [-0.2, -0.15) is 13.8 Å². The summed E-state index contributed by atoms with van der Waals surface area (Å²) in [4.78, 5) is 19.0. The van der Waals surface area contributed by atoms with Gasteiger partial charge in [-0.15, -0.1) is 0 Å². The Kier molecular flexibility index (Phi) is 6.18. The molecular weight excluding hydrogens is 430 g/mol. The van der Waals surface area contributed by atoms with E-state index in [0.717, 1.165) is 31.1 Å². The van der Waals surface area contributed by atoms with Crippen LogP contribution in [-0.2, 0) is 4.79 Å². The molecule has 2 aliphatic heterocycles. The van der Waals surface area contributed by atoms with E-state index >= 15 is 0 Å². The number of amidine groups is 1. The first-order valence-electron chi connectivity index (χ1n) is 8.08. The fourth-order valence-electron chi connectivity index (χ4n) is 2.80. The molecule has 0 saturated carbocycles. The van der Waals surface area contributed by atoms with Crippen molar-refractivity contribution in [2.45, 2.75) is 25.9 Å². The van der Waals surface area contributed by atoms with Gasteiger partial charge in [0.25, 0.3) is 5.91 Å². The van der Waals surface area contributed by atoms with Crippen LogP contribution in [0.15, 0.2) is 26.5 Å². The van der Waals surface area contributed by atoms with E-state index < -0.39 is 6.61 Å². The number of benzene rings is 1. The highest BCUT2D eigenvalue weighted by Gasteiger charge is 2.27. The minimum atomic E-state index is -2.96. The Bertz CT molecular complexity index is 765. The molecule has 1 aromatic carbocycles. The lowest BCUT2D eigenvalue weighted by atomic mass is 10.1. The third-order valence-corrected chi connectivity index (χ3v) is 5.63. The van der Waals surface area contributed by atoms with Gasteiger partial charge < -0.3 is 14.4 Å². The second-order valence-corrected chi connectivity index (χ2v) is 7.63. The molecule has 1 fully saturated rings. The normalized spacial score (nSPS) is 19.3. The number of carbonyl (C=O) groups is 1. The number of nitrogens with zero attached hydrogens (tertiary/aromatic N) is 2. The number of aliphatic imine (C=N–C) groups is 1. The molecule has 0 spiro atoms. The Hall–Kier alpha value is -1.61. The average Bonchev–Trinajstić information content (AvgIpc) is 2.98. The molecule has 0 atom stereocenters. The maximum absolute atomic E-state index is 12.5. The Morgan fingerprint density at radius 2 is 2.04 bits per heavy atom. The van der Waals surface area contributed by atoms with Gasteiger partial charge in [0, 0.05) is 13.1 Å². The van der Waals surface area contributed by atoms with Crippen molar-refractivity contribution < 1.29 is 23.0 Å². The number of carbonyl (C=O) groups excluding carboxylic acids is 1. The van der Waals surface area contributed by atoms with Gasteiger partial charge in [-0.1, -0.05) is 0 Å². The highest BCUT2D eigenvalue weighted by Crippen LogP contribution is 2.39. The van der Waals surface area contributed by atoms with Crippen molar-refractivity contribution in [3.8, 4) is 11.5 Å². The highest BCUT2D eigenvalue weighted by molar-refractivity contribution is 9.10. The smallest absolute Gasteiger partial charge is 0.387 e. The fourth-order valence-corrected chi connectivity index (χ4v) is 4.31. The van der Waals surface area contributed by atoms with Crippen LogP contribution in [0.5, 0.6) is 11.5 Å². The summed E-state index contributed by atoms with van der Waals surface area (Å²) in [5.41, 5.74) is 0.626. The molecule has 1 saturated heterocycles. The zero-order valence-corrected chi connectivity index (χ0v) is 16.4. The SMILES string of the molecule is COc1cc(C=C2SC(N3CCCCC3)=NC2=O)cc(Br)c1OC(F)F. The minimum absolute atomic E-state index is 0.0830. The summed E-state index contributed by atoms with van der Waals surface area (Å²) in [6.07, 6.45) is 5.07. The molecule has 3 rings (SSSR count). The standard InChI is InChI=1S/C17H17BrF2N2O3S/c1-24-12-8-10(7-11(18)14(12)25-16(19)20)9-13-15(23)21-17(26-13)22-5-3-2-4-6-22/h7-9,16H,2-6H2,1H3. The number of likely N-dealkylation sites (tertiary alicyclic amines) is 1. The maximum atomic E-state index is 12.5. The molecule has 2 heterocycles. The summed E-state index contributed by atoms with van der Waals surface area (Å²) in [6, 6.07) is 3.14. The average molecular weight is 447 g/mol. The van der Waals surface area contributed by atoms with Crippen LogP contribution in [0.1, 0.15) is 24.8 Å². The lowest BCUT2D eigenvalue weighted by Gasteiger charge is -2.27. The number of hydrogen-bond donors (Lipinski definition) is 0. The molecular formula is C17H17BrF2N2O3S. The second kappa shape index (κ2) is 8.39. The highest BCUT2D eigenvalue weighted by atomic mass is 79.9. The topological polar surface area (TPSA) is 51.1 Å². The number of thioether (sulfide) groups is 1. The van der Waals surface area contributed by atoms with Crippen molar-refractivity contribution in [2.75, 3.05) is 20.2 Å². The predicted octanol–water partition coefficient (Wildman–Crippen LogP) is 4.52. The molecule has 0 aromatic heterocycles. The van der Waals surface area contributed by atoms with E-state index in [-0.39, 0.29) is 17.4 Å². The molecule has 1 aromatic rings. The first-order chi connectivity index (χ1) is 12.5. The van der Waals surface area contributed by atoms with Gasteiger partial charge in [-0.25, -0.2) is 0 Å². The quantitative estimate of drug-likeness (QED) is 0.636. The largest absolute Gasteiger partial charge is 0.493 e. The van der Waals surface area contributed by atoms with Crippen molar-refractivity contribution in [3.05, 3.63) is 27.1 Å². The van der Waals surface area contributed by atoms with E-state index in [0.29, 0.717) is 14.9 Å². The molecule has 0 N–H and O–H groups in total. The van der Waals surface area contributed by atoms with Gasteiger partial charge >= 0.3 is 6.61 Å². The number of amides is 1.